The zero-order valence-corrected chi connectivity index (χ0v) is 7.68. The summed E-state index contributed by atoms with van der Waals surface area (Å²) in [7, 11) is 0. The molecule has 2 aromatic rings. The minimum absolute atomic E-state index is 0.144. The van der Waals surface area contributed by atoms with Gasteiger partial charge in [0, 0.05) is 6.42 Å². The van der Waals surface area contributed by atoms with E-state index in [0.717, 1.165) is 12.1 Å². The fraction of sp³-hybridized carbons (Fsp3) is 0.182. The van der Waals surface area contributed by atoms with Crippen molar-refractivity contribution in [2.45, 2.75) is 13.0 Å². The van der Waals surface area contributed by atoms with Crippen molar-refractivity contribution >= 4 is 0 Å². The van der Waals surface area contributed by atoms with Gasteiger partial charge < -0.3 is 9.52 Å². The van der Waals surface area contributed by atoms with Gasteiger partial charge in [0.2, 0.25) is 5.89 Å². The lowest BCUT2D eigenvalue weighted by molar-refractivity contribution is 0.240. The SMILES string of the molecule is OCc1nc(Cc2ccccc2)co1. The van der Waals surface area contributed by atoms with Crippen molar-refractivity contribution in [1.82, 2.24) is 4.98 Å². The molecular weight excluding hydrogens is 178 g/mol. The van der Waals surface area contributed by atoms with E-state index in [4.69, 9.17) is 9.52 Å². The minimum Gasteiger partial charge on any atom is -0.446 e. The maximum Gasteiger partial charge on any atom is 0.219 e. The Labute approximate surface area is 82.0 Å². The summed E-state index contributed by atoms with van der Waals surface area (Å²) in [6.07, 6.45) is 2.32. The lowest BCUT2D eigenvalue weighted by Gasteiger charge is -1.94. The average Bonchev–Trinajstić information content (AvgIpc) is 2.67. The molecular formula is C11H11NO2. The molecule has 0 saturated heterocycles. The fourth-order valence-electron chi connectivity index (χ4n) is 1.31. The Morgan fingerprint density at radius 3 is 2.64 bits per heavy atom. The topological polar surface area (TPSA) is 46.3 Å². The van der Waals surface area contributed by atoms with E-state index in [1.807, 2.05) is 30.3 Å². The summed E-state index contributed by atoms with van der Waals surface area (Å²) in [6, 6.07) is 10.0. The fourth-order valence-corrected chi connectivity index (χ4v) is 1.31. The number of nitrogens with zero attached hydrogens (tertiary/aromatic N) is 1. The van der Waals surface area contributed by atoms with Crippen LogP contribution in [0.5, 0.6) is 0 Å². The van der Waals surface area contributed by atoms with Gasteiger partial charge in [-0.15, -0.1) is 0 Å². The zero-order valence-electron chi connectivity index (χ0n) is 7.68. The highest BCUT2D eigenvalue weighted by atomic mass is 16.4. The van der Waals surface area contributed by atoms with Crippen molar-refractivity contribution < 1.29 is 9.52 Å². The molecule has 1 heterocycles. The number of rotatable bonds is 3. The number of benzene rings is 1. The van der Waals surface area contributed by atoms with Gasteiger partial charge in [0.15, 0.2) is 0 Å². The largest absolute Gasteiger partial charge is 0.446 e. The second kappa shape index (κ2) is 4.07. The molecule has 2 rings (SSSR count). The maximum absolute atomic E-state index is 8.76. The van der Waals surface area contributed by atoms with E-state index in [9.17, 15) is 0 Å². The van der Waals surface area contributed by atoms with Crippen LogP contribution in [0.2, 0.25) is 0 Å². The summed E-state index contributed by atoms with van der Waals surface area (Å²) in [6.45, 7) is -0.144. The highest BCUT2D eigenvalue weighted by Gasteiger charge is 2.02. The van der Waals surface area contributed by atoms with Crippen LogP contribution in [-0.4, -0.2) is 10.1 Å². The van der Waals surface area contributed by atoms with E-state index in [1.165, 1.54) is 5.56 Å². The van der Waals surface area contributed by atoms with Gasteiger partial charge in [-0.05, 0) is 5.56 Å². The van der Waals surface area contributed by atoms with E-state index in [2.05, 4.69) is 4.98 Å². The van der Waals surface area contributed by atoms with E-state index in [1.54, 1.807) is 6.26 Å². The number of oxazole rings is 1. The number of hydrogen-bond donors (Lipinski definition) is 1. The van der Waals surface area contributed by atoms with Gasteiger partial charge in [0.05, 0.1) is 5.69 Å². The van der Waals surface area contributed by atoms with Crippen molar-refractivity contribution in [3.8, 4) is 0 Å². The summed E-state index contributed by atoms with van der Waals surface area (Å²) >= 11 is 0. The molecule has 0 saturated carbocycles. The quantitative estimate of drug-likeness (QED) is 0.800. The van der Waals surface area contributed by atoms with E-state index >= 15 is 0 Å². The second-order valence-corrected chi connectivity index (χ2v) is 3.05. The van der Waals surface area contributed by atoms with Crippen LogP contribution in [0.15, 0.2) is 41.0 Å². The van der Waals surface area contributed by atoms with Crippen molar-refractivity contribution in [3.05, 3.63) is 53.7 Å². The molecule has 3 nitrogen and oxygen atoms in total. The molecule has 3 heteroatoms. The van der Waals surface area contributed by atoms with Crippen LogP contribution in [-0.2, 0) is 13.0 Å². The van der Waals surface area contributed by atoms with Gasteiger partial charge in [0.1, 0.15) is 12.9 Å². The highest BCUT2D eigenvalue weighted by molar-refractivity contribution is 5.20. The normalized spacial score (nSPS) is 10.4. The van der Waals surface area contributed by atoms with E-state index < -0.39 is 0 Å². The number of aromatic nitrogens is 1. The van der Waals surface area contributed by atoms with E-state index in [-0.39, 0.29) is 6.61 Å². The van der Waals surface area contributed by atoms with Gasteiger partial charge in [-0.2, -0.15) is 0 Å². The smallest absolute Gasteiger partial charge is 0.219 e. The van der Waals surface area contributed by atoms with Gasteiger partial charge in [-0.25, -0.2) is 4.98 Å². The Hall–Kier alpha value is -1.61. The van der Waals surface area contributed by atoms with Gasteiger partial charge in [0.25, 0.3) is 0 Å². The van der Waals surface area contributed by atoms with Gasteiger partial charge >= 0.3 is 0 Å². The third-order valence-corrected chi connectivity index (χ3v) is 1.96. The molecule has 0 aliphatic rings. The molecule has 1 aromatic heterocycles. The number of aliphatic hydroxyl groups is 1. The summed E-state index contributed by atoms with van der Waals surface area (Å²) in [4.78, 5) is 4.11. The summed E-state index contributed by atoms with van der Waals surface area (Å²) in [5.41, 5.74) is 2.03. The molecule has 0 atom stereocenters. The number of hydrogen-bond acceptors (Lipinski definition) is 3. The first-order valence-corrected chi connectivity index (χ1v) is 4.46. The van der Waals surface area contributed by atoms with Crippen LogP contribution in [0.4, 0.5) is 0 Å². The molecule has 0 aliphatic carbocycles. The molecule has 0 bridgehead atoms. The average molecular weight is 189 g/mol. The lowest BCUT2D eigenvalue weighted by atomic mass is 10.1. The molecule has 0 unspecified atom stereocenters. The third-order valence-electron chi connectivity index (χ3n) is 1.96. The van der Waals surface area contributed by atoms with Gasteiger partial charge in [-0.3, -0.25) is 0 Å². The summed E-state index contributed by atoms with van der Waals surface area (Å²) < 4.78 is 5.02. The Bertz CT molecular complexity index is 395. The minimum atomic E-state index is -0.144. The van der Waals surface area contributed by atoms with Crippen molar-refractivity contribution in [3.63, 3.8) is 0 Å². The van der Waals surface area contributed by atoms with Crippen LogP contribution in [0.25, 0.3) is 0 Å². The molecule has 0 spiro atoms. The number of aliphatic hydroxyl groups excluding tert-OH is 1. The van der Waals surface area contributed by atoms with Crippen molar-refractivity contribution in [2.24, 2.45) is 0 Å². The molecule has 0 radical (unpaired) electrons. The van der Waals surface area contributed by atoms with Crippen molar-refractivity contribution in [2.75, 3.05) is 0 Å². The Morgan fingerprint density at radius 2 is 2.00 bits per heavy atom. The second-order valence-electron chi connectivity index (χ2n) is 3.05. The van der Waals surface area contributed by atoms with Crippen LogP contribution in [0, 0.1) is 0 Å². The first-order chi connectivity index (χ1) is 6.88. The first-order valence-electron chi connectivity index (χ1n) is 4.46. The lowest BCUT2D eigenvalue weighted by Crippen LogP contribution is -1.89. The molecule has 14 heavy (non-hydrogen) atoms. The summed E-state index contributed by atoms with van der Waals surface area (Å²) in [5.74, 6) is 0.371. The standard InChI is InChI=1S/C11H11NO2/c13-7-11-12-10(8-14-11)6-9-4-2-1-3-5-9/h1-5,8,13H,6-7H2. The molecule has 1 N–H and O–H groups in total. The molecule has 72 valence electrons. The van der Waals surface area contributed by atoms with Crippen LogP contribution < -0.4 is 0 Å². The maximum atomic E-state index is 8.76. The first kappa shape index (κ1) is 8.97. The molecule has 0 fully saturated rings. The van der Waals surface area contributed by atoms with Crippen LogP contribution >= 0.6 is 0 Å². The Balaban J connectivity index is 2.11. The zero-order chi connectivity index (χ0) is 9.80. The molecule has 0 amide bonds. The van der Waals surface area contributed by atoms with E-state index in [0.29, 0.717) is 5.89 Å². The highest BCUT2D eigenvalue weighted by Crippen LogP contribution is 2.08. The molecule has 0 aliphatic heterocycles. The van der Waals surface area contributed by atoms with Crippen LogP contribution in [0.1, 0.15) is 17.1 Å². The Morgan fingerprint density at radius 1 is 1.21 bits per heavy atom. The Kier molecular flexibility index (Phi) is 2.60. The monoisotopic (exact) mass is 189 g/mol. The predicted octanol–water partition coefficient (Wildman–Crippen LogP) is 1.76. The van der Waals surface area contributed by atoms with Crippen LogP contribution in [0.3, 0.4) is 0 Å². The summed E-state index contributed by atoms with van der Waals surface area (Å²) in [5, 5.41) is 8.76. The molecule has 1 aromatic carbocycles. The van der Waals surface area contributed by atoms with Crippen molar-refractivity contribution in [1.29, 1.82) is 0 Å². The third kappa shape index (κ3) is 2.00. The predicted molar refractivity (Wildman–Crippen MR) is 51.7 cm³/mol. The van der Waals surface area contributed by atoms with Gasteiger partial charge in [-0.1, -0.05) is 30.3 Å².